The molecule has 36 heavy (non-hydrogen) atoms. The zero-order chi connectivity index (χ0) is 25.7. The summed E-state index contributed by atoms with van der Waals surface area (Å²) in [6.07, 6.45) is 3.12. The molecule has 2 aromatic carbocycles. The second kappa shape index (κ2) is 10.8. The maximum absolute atomic E-state index is 12.7. The normalized spacial score (nSPS) is 15.6. The van der Waals surface area contributed by atoms with Crippen LogP contribution < -0.4 is 4.74 Å². The van der Waals surface area contributed by atoms with Crippen LogP contribution in [0.4, 0.5) is 4.79 Å². The van der Waals surface area contributed by atoms with Crippen LogP contribution in [0.25, 0.3) is 11.3 Å². The fourth-order valence-corrected chi connectivity index (χ4v) is 4.19. The zero-order valence-corrected chi connectivity index (χ0v) is 21.3. The van der Waals surface area contributed by atoms with Crippen LogP contribution in [0.5, 0.6) is 11.5 Å². The van der Waals surface area contributed by atoms with Crippen LogP contribution in [-0.2, 0) is 16.0 Å². The van der Waals surface area contributed by atoms with Crippen molar-refractivity contribution in [1.82, 2.24) is 14.7 Å². The van der Waals surface area contributed by atoms with E-state index in [-0.39, 0.29) is 18.7 Å². The number of hydrogen-bond donors (Lipinski definition) is 0. The third kappa shape index (κ3) is 6.24. The molecule has 0 bridgehead atoms. The molecule has 1 aliphatic heterocycles. The van der Waals surface area contributed by atoms with Gasteiger partial charge in [0.1, 0.15) is 28.4 Å². The predicted octanol–water partition coefficient (Wildman–Crippen LogP) is 5.92. The van der Waals surface area contributed by atoms with Crippen molar-refractivity contribution in [3.05, 3.63) is 66.4 Å². The maximum Gasteiger partial charge on any atom is 0.410 e. The lowest BCUT2D eigenvalue weighted by molar-refractivity contribution is 0.0211. The summed E-state index contributed by atoms with van der Waals surface area (Å²) in [4.78, 5) is 27.2. The van der Waals surface area contributed by atoms with Gasteiger partial charge in [-0.05, 0) is 76.9 Å². The molecule has 1 amide bonds. The van der Waals surface area contributed by atoms with Crippen molar-refractivity contribution in [2.24, 2.45) is 0 Å². The molecule has 0 N–H and O–H groups in total. The van der Waals surface area contributed by atoms with Crippen LogP contribution in [0.3, 0.4) is 0 Å². The van der Waals surface area contributed by atoms with E-state index in [2.05, 4.69) is 0 Å². The minimum absolute atomic E-state index is 0.0655. The Morgan fingerprint density at radius 2 is 1.72 bits per heavy atom. The molecule has 1 aromatic heterocycles. The number of rotatable bonds is 7. The molecule has 1 fully saturated rings. The first-order chi connectivity index (χ1) is 17.2. The molecule has 1 aliphatic rings. The van der Waals surface area contributed by atoms with Crippen molar-refractivity contribution in [2.75, 3.05) is 13.2 Å². The van der Waals surface area contributed by atoms with Gasteiger partial charge < -0.3 is 19.1 Å². The van der Waals surface area contributed by atoms with Crippen LogP contribution in [0.2, 0.25) is 0 Å². The average Bonchev–Trinajstić information content (AvgIpc) is 3.47. The number of benzene rings is 2. The van der Waals surface area contributed by atoms with Gasteiger partial charge >= 0.3 is 12.1 Å². The maximum atomic E-state index is 12.7. The van der Waals surface area contributed by atoms with E-state index < -0.39 is 11.6 Å². The molecule has 2 heterocycles. The lowest BCUT2D eigenvalue weighted by Gasteiger charge is -2.28. The number of amides is 1. The van der Waals surface area contributed by atoms with Gasteiger partial charge in [0.05, 0.1) is 19.2 Å². The van der Waals surface area contributed by atoms with Crippen LogP contribution in [0.15, 0.2) is 60.8 Å². The molecular weight excluding hydrogens is 458 g/mol. The van der Waals surface area contributed by atoms with Gasteiger partial charge in [-0.25, -0.2) is 9.59 Å². The van der Waals surface area contributed by atoms with Gasteiger partial charge in [0.2, 0.25) is 0 Å². The Labute approximate surface area is 211 Å². The Morgan fingerprint density at radius 1 is 1.03 bits per heavy atom. The summed E-state index contributed by atoms with van der Waals surface area (Å²) in [6.45, 7) is 8.71. The highest BCUT2D eigenvalue weighted by Gasteiger charge is 2.33. The number of esters is 1. The van der Waals surface area contributed by atoms with Crippen molar-refractivity contribution in [1.29, 1.82) is 0 Å². The lowest BCUT2D eigenvalue weighted by atomic mass is 10.1. The molecular formula is C28H33N3O5. The van der Waals surface area contributed by atoms with E-state index in [0.717, 1.165) is 24.2 Å². The van der Waals surface area contributed by atoms with Gasteiger partial charge in [0.25, 0.3) is 0 Å². The minimum atomic E-state index is -0.559. The molecule has 0 unspecified atom stereocenters. The first-order valence-electron chi connectivity index (χ1n) is 12.3. The van der Waals surface area contributed by atoms with Gasteiger partial charge in [-0.1, -0.05) is 18.2 Å². The number of carbonyl (C=O) groups is 2. The summed E-state index contributed by atoms with van der Waals surface area (Å²) in [5, 5.41) is 4.73. The SMILES string of the molecule is CCOC(=O)c1cn(C[C@@H]2CCCN2C(=O)OC(C)(C)C)nc1-c1ccc(Oc2ccccc2)cc1. The largest absolute Gasteiger partial charge is 0.462 e. The minimum Gasteiger partial charge on any atom is -0.462 e. The Kier molecular flexibility index (Phi) is 7.62. The quantitative estimate of drug-likeness (QED) is 0.382. The second-order valence-electron chi connectivity index (χ2n) is 9.74. The molecule has 8 heteroatoms. The predicted molar refractivity (Wildman–Crippen MR) is 136 cm³/mol. The first-order valence-corrected chi connectivity index (χ1v) is 12.3. The number of para-hydroxylation sites is 1. The average molecular weight is 492 g/mol. The molecule has 1 saturated heterocycles. The fourth-order valence-electron chi connectivity index (χ4n) is 4.19. The van der Waals surface area contributed by atoms with E-state index in [1.54, 1.807) is 22.7 Å². The Bertz CT molecular complexity index is 1180. The molecule has 8 nitrogen and oxygen atoms in total. The van der Waals surface area contributed by atoms with E-state index >= 15 is 0 Å². The number of ether oxygens (including phenoxy) is 3. The number of hydrogen-bond acceptors (Lipinski definition) is 6. The van der Waals surface area contributed by atoms with Crippen molar-refractivity contribution >= 4 is 12.1 Å². The summed E-state index contributed by atoms with van der Waals surface area (Å²) in [5.41, 5.74) is 1.13. The highest BCUT2D eigenvalue weighted by Crippen LogP contribution is 2.29. The van der Waals surface area contributed by atoms with Crippen LogP contribution in [0.1, 0.15) is 50.9 Å². The number of aromatic nitrogens is 2. The van der Waals surface area contributed by atoms with Crippen LogP contribution in [-0.4, -0.2) is 51.5 Å². The molecule has 0 radical (unpaired) electrons. The van der Waals surface area contributed by atoms with E-state index in [1.165, 1.54) is 0 Å². The van der Waals surface area contributed by atoms with Crippen LogP contribution in [0, 0.1) is 0 Å². The number of nitrogens with zero attached hydrogens (tertiary/aromatic N) is 3. The van der Waals surface area contributed by atoms with Gasteiger partial charge in [-0.15, -0.1) is 0 Å². The van der Waals surface area contributed by atoms with Crippen molar-refractivity contribution in [3.8, 4) is 22.8 Å². The van der Waals surface area contributed by atoms with Crippen LogP contribution >= 0.6 is 0 Å². The summed E-state index contributed by atoms with van der Waals surface area (Å²) in [7, 11) is 0. The third-order valence-corrected chi connectivity index (χ3v) is 5.77. The van der Waals surface area contributed by atoms with Gasteiger partial charge in [0, 0.05) is 18.3 Å². The fraction of sp³-hybridized carbons (Fsp3) is 0.393. The smallest absolute Gasteiger partial charge is 0.410 e. The van der Waals surface area contributed by atoms with Crippen molar-refractivity contribution in [2.45, 2.75) is 58.7 Å². The Balaban J connectivity index is 1.55. The number of carbonyl (C=O) groups excluding carboxylic acids is 2. The zero-order valence-electron chi connectivity index (χ0n) is 21.3. The van der Waals surface area contributed by atoms with E-state index in [1.807, 2.05) is 75.4 Å². The summed E-state index contributed by atoms with van der Waals surface area (Å²) < 4.78 is 18.5. The topological polar surface area (TPSA) is 82.9 Å². The molecule has 0 spiro atoms. The molecule has 190 valence electrons. The standard InChI is InChI=1S/C28H33N3O5/c1-5-34-26(32)24-19-30(18-21-10-9-17-31(21)27(33)36-28(2,3)4)29-25(24)20-13-15-23(16-14-20)35-22-11-7-6-8-12-22/h6-8,11-16,19,21H,5,9-10,17-18H2,1-4H3/t21-/m0/s1. The van der Waals surface area contributed by atoms with E-state index in [0.29, 0.717) is 30.1 Å². The molecule has 0 aliphatic carbocycles. The summed E-state index contributed by atoms with van der Waals surface area (Å²) in [6, 6.07) is 16.9. The molecule has 4 rings (SSSR count). The molecule has 0 saturated carbocycles. The van der Waals surface area contributed by atoms with Gasteiger partial charge in [-0.3, -0.25) is 4.68 Å². The summed E-state index contributed by atoms with van der Waals surface area (Å²) >= 11 is 0. The van der Waals surface area contributed by atoms with Crippen molar-refractivity contribution in [3.63, 3.8) is 0 Å². The van der Waals surface area contributed by atoms with Gasteiger partial charge in [0.15, 0.2) is 0 Å². The van der Waals surface area contributed by atoms with E-state index in [9.17, 15) is 9.59 Å². The highest BCUT2D eigenvalue weighted by atomic mass is 16.6. The van der Waals surface area contributed by atoms with Crippen molar-refractivity contribution < 1.29 is 23.8 Å². The Hall–Kier alpha value is -3.81. The van der Waals surface area contributed by atoms with E-state index in [4.69, 9.17) is 19.3 Å². The Morgan fingerprint density at radius 3 is 2.39 bits per heavy atom. The summed E-state index contributed by atoms with van der Waals surface area (Å²) in [5.74, 6) is 0.993. The lowest BCUT2D eigenvalue weighted by Crippen LogP contribution is -2.41. The third-order valence-electron chi connectivity index (χ3n) is 5.77. The second-order valence-corrected chi connectivity index (χ2v) is 9.74. The first kappa shape index (κ1) is 25.3. The highest BCUT2D eigenvalue weighted by molar-refractivity contribution is 5.96. The molecule has 1 atom stereocenters. The monoisotopic (exact) mass is 491 g/mol. The molecule has 3 aromatic rings. The number of likely N-dealkylation sites (tertiary alicyclic amines) is 1. The van der Waals surface area contributed by atoms with Gasteiger partial charge in [-0.2, -0.15) is 5.10 Å².